The van der Waals surface area contributed by atoms with Gasteiger partial charge in [0.1, 0.15) is 12.0 Å². The van der Waals surface area contributed by atoms with Crippen molar-refractivity contribution >= 4 is 17.7 Å². The molecule has 6 nitrogen and oxygen atoms in total. The van der Waals surface area contributed by atoms with Gasteiger partial charge in [0, 0.05) is 25.9 Å². The van der Waals surface area contributed by atoms with Crippen molar-refractivity contribution < 1.29 is 22.7 Å². The normalized spacial score (nSPS) is 12.8. The minimum absolute atomic E-state index is 0.336. The summed E-state index contributed by atoms with van der Waals surface area (Å²) in [4.78, 5) is 10.9. The van der Waals surface area contributed by atoms with Gasteiger partial charge in [-0.25, -0.2) is 0 Å². The van der Waals surface area contributed by atoms with E-state index in [1.165, 1.54) is 24.3 Å². The monoisotopic (exact) mass is 366 g/mol. The number of benzene rings is 1. The number of rotatable bonds is 6. The van der Waals surface area contributed by atoms with Crippen LogP contribution in [0.15, 0.2) is 53.4 Å². The molecule has 0 aliphatic heterocycles. The number of hydrogen-bond donors (Lipinski definition) is 0. The molecule has 0 amide bonds. The molecule has 138 valence electrons. The Morgan fingerprint density at radius 2 is 1.96 bits per heavy atom. The molecule has 1 aromatic carbocycles. The van der Waals surface area contributed by atoms with Crippen molar-refractivity contribution in [2.45, 2.75) is 13.3 Å². The SMILES string of the molecule is C/C(C=O)=C/C(=N\N(C)c1cnn(C)c1)c1ccc(OC(F)(F)F)cc1. The van der Waals surface area contributed by atoms with Crippen molar-refractivity contribution in [3.63, 3.8) is 0 Å². The number of alkyl halides is 3. The topological polar surface area (TPSA) is 59.7 Å². The summed E-state index contributed by atoms with van der Waals surface area (Å²) in [6.45, 7) is 1.60. The number of carbonyl (C=O) groups is 1. The first kappa shape index (κ1) is 19.2. The molecule has 0 N–H and O–H groups in total. The van der Waals surface area contributed by atoms with Gasteiger partial charge in [-0.05, 0) is 42.8 Å². The lowest BCUT2D eigenvalue weighted by Gasteiger charge is -2.13. The maximum absolute atomic E-state index is 12.3. The van der Waals surface area contributed by atoms with E-state index in [1.54, 1.807) is 49.2 Å². The Morgan fingerprint density at radius 1 is 1.31 bits per heavy atom. The number of nitrogens with zero attached hydrogens (tertiary/aromatic N) is 4. The van der Waals surface area contributed by atoms with Gasteiger partial charge < -0.3 is 4.74 Å². The zero-order chi connectivity index (χ0) is 19.3. The Labute approximate surface area is 148 Å². The number of aldehydes is 1. The fourth-order valence-electron chi connectivity index (χ4n) is 2.04. The molecule has 0 aliphatic rings. The molecule has 0 saturated carbocycles. The molecule has 1 heterocycles. The molecular formula is C17H17F3N4O2. The summed E-state index contributed by atoms with van der Waals surface area (Å²) in [7, 11) is 3.46. The van der Waals surface area contributed by atoms with Crippen LogP contribution in [0.4, 0.5) is 18.9 Å². The van der Waals surface area contributed by atoms with Crippen LogP contribution in [-0.4, -0.2) is 35.2 Å². The van der Waals surface area contributed by atoms with Crippen molar-refractivity contribution in [1.29, 1.82) is 0 Å². The van der Waals surface area contributed by atoms with Gasteiger partial charge in [-0.2, -0.15) is 10.2 Å². The van der Waals surface area contributed by atoms with Crippen LogP contribution in [0, 0.1) is 0 Å². The van der Waals surface area contributed by atoms with Crippen LogP contribution in [0.5, 0.6) is 5.75 Å². The minimum atomic E-state index is -4.76. The van der Waals surface area contributed by atoms with Gasteiger partial charge in [0.15, 0.2) is 0 Å². The maximum Gasteiger partial charge on any atom is 0.573 e. The van der Waals surface area contributed by atoms with Crippen LogP contribution < -0.4 is 9.75 Å². The Kier molecular flexibility index (Phi) is 5.81. The summed E-state index contributed by atoms with van der Waals surface area (Å²) < 4.78 is 42.3. The first-order valence-corrected chi connectivity index (χ1v) is 7.48. The number of aryl methyl sites for hydroxylation is 1. The third-order valence-electron chi connectivity index (χ3n) is 3.26. The molecule has 0 spiro atoms. The molecule has 26 heavy (non-hydrogen) atoms. The second-order valence-corrected chi connectivity index (χ2v) is 5.46. The van der Waals surface area contributed by atoms with Crippen LogP contribution in [0.3, 0.4) is 0 Å². The average molecular weight is 366 g/mol. The highest BCUT2D eigenvalue weighted by Crippen LogP contribution is 2.23. The average Bonchev–Trinajstić information content (AvgIpc) is 3.00. The van der Waals surface area contributed by atoms with E-state index in [-0.39, 0.29) is 5.75 Å². The van der Waals surface area contributed by atoms with E-state index >= 15 is 0 Å². The van der Waals surface area contributed by atoms with E-state index in [0.29, 0.717) is 28.8 Å². The summed E-state index contributed by atoms with van der Waals surface area (Å²) in [6, 6.07) is 5.25. The second kappa shape index (κ2) is 7.85. The molecule has 1 aromatic heterocycles. The van der Waals surface area contributed by atoms with Crippen LogP contribution in [0.25, 0.3) is 0 Å². The molecule has 2 rings (SSSR count). The van der Waals surface area contributed by atoms with E-state index in [2.05, 4.69) is 14.9 Å². The molecular weight excluding hydrogens is 349 g/mol. The first-order chi connectivity index (χ1) is 12.2. The summed E-state index contributed by atoms with van der Waals surface area (Å²) in [5.41, 5.74) is 2.05. The molecule has 9 heteroatoms. The number of halogens is 3. The standard InChI is InChI=1S/C17H17F3N4O2/c1-12(11-25)8-16(22-24(3)14-9-21-23(2)10-14)13-4-6-15(7-5-13)26-17(18,19)20/h4-11H,1-3H3/b12-8-,22-16+. The predicted molar refractivity (Wildman–Crippen MR) is 91.1 cm³/mol. The van der Waals surface area contributed by atoms with E-state index in [9.17, 15) is 18.0 Å². The van der Waals surface area contributed by atoms with Crippen LogP contribution >= 0.6 is 0 Å². The van der Waals surface area contributed by atoms with Crippen molar-refractivity contribution in [2.24, 2.45) is 12.1 Å². The van der Waals surface area contributed by atoms with Crippen LogP contribution in [0.2, 0.25) is 0 Å². The van der Waals surface area contributed by atoms with Crippen molar-refractivity contribution in [1.82, 2.24) is 9.78 Å². The summed E-state index contributed by atoms with van der Waals surface area (Å²) in [6.07, 6.45) is 0.808. The van der Waals surface area contributed by atoms with Crippen molar-refractivity contribution in [3.8, 4) is 5.75 Å². The van der Waals surface area contributed by atoms with Gasteiger partial charge >= 0.3 is 6.36 Å². The lowest BCUT2D eigenvalue weighted by molar-refractivity contribution is -0.274. The number of hydrazone groups is 1. The number of aromatic nitrogens is 2. The van der Waals surface area contributed by atoms with Gasteiger partial charge in [0.05, 0.1) is 17.6 Å². The third-order valence-corrected chi connectivity index (χ3v) is 3.26. The first-order valence-electron chi connectivity index (χ1n) is 7.48. The lowest BCUT2D eigenvalue weighted by Crippen LogP contribution is -2.17. The van der Waals surface area contributed by atoms with Gasteiger partial charge in [-0.1, -0.05) is 0 Å². The van der Waals surface area contributed by atoms with Gasteiger partial charge in [-0.3, -0.25) is 14.5 Å². The number of hydrogen-bond acceptors (Lipinski definition) is 5. The zero-order valence-corrected chi connectivity index (χ0v) is 14.4. The molecule has 0 unspecified atom stereocenters. The zero-order valence-electron chi connectivity index (χ0n) is 14.4. The largest absolute Gasteiger partial charge is 0.573 e. The molecule has 0 aliphatic carbocycles. The molecule has 0 saturated heterocycles. The van der Waals surface area contributed by atoms with E-state index in [1.807, 2.05) is 0 Å². The molecule has 2 aromatic rings. The van der Waals surface area contributed by atoms with Crippen molar-refractivity contribution in [3.05, 3.63) is 53.9 Å². The quantitative estimate of drug-likeness (QED) is 0.341. The number of allylic oxidation sites excluding steroid dienone is 2. The van der Waals surface area contributed by atoms with E-state index < -0.39 is 6.36 Å². The highest BCUT2D eigenvalue weighted by molar-refractivity contribution is 6.11. The lowest BCUT2D eigenvalue weighted by atomic mass is 10.1. The fourth-order valence-corrected chi connectivity index (χ4v) is 2.04. The van der Waals surface area contributed by atoms with Gasteiger partial charge in [0.25, 0.3) is 0 Å². The summed E-state index contributed by atoms with van der Waals surface area (Å²) >= 11 is 0. The van der Waals surface area contributed by atoms with Crippen molar-refractivity contribution in [2.75, 3.05) is 12.1 Å². The number of ether oxygens (including phenoxy) is 1. The van der Waals surface area contributed by atoms with Gasteiger partial charge in [0.2, 0.25) is 0 Å². The van der Waals surface area contributed by atoms with Crippen LogP contribution in [-0.2, 0) is 11.8 Å². The Hall–Kier alpha value is -3.10. The molecule has 0 atom stereocenters. The second-order valence-electron chi connectivity index (χ2n) is 5.46. The van der Waals surface area contributed by atoms with E-state index in [4.69, 9.17) is 0 Å². The summed E-state index contributed by atoms with van der Waals surface area (Å²) in [5, 5.41) is 10.0. The fraction of sp³-hybridized carbons (Fsp3) is 0.235. The number of carbonyl (C=O) groups excluding carboxylic acids is 1. The summed E-state index contributed by atoms with van der Waals surface area (Å²) in [5.74, 6) is -0.336. The van der Waals surface area contributed by atoms with E-state index in [0.717, 1.165) is 0 Å². The Bertz CT molecular complexity index is 823. The highest BCUT2D eigenvalue weighted by Gasteiger charge is 2.31. The third kappa shape index (κ3) is 5.47. The molecule has 0 bridgehead atoms. The maximum atomic E-state index is 12.3. The van der Waals surface area contributed by atoms with Crippen LogP contribution in [0.1, 0.15) is 12.5 Å². The minimum Gasteiger partial charge on any atom is -0.406 e. The highest BCUT2D eigenvalue weighted by atomic mass is 19.4. The van der Waals surface area contributed by atoms with Gasteiger partial charge in [-0.15, -0.1) is 13.2 Å². The predicted octanol–water partition coefficient (Wildman–Crippen LogP) is 3.30. The Morgan fingerprint density at radius 3 is 2.46 bits per heavy atom. The smallest absolute Gasteiger partial charge is 0.406 e. The molecule has 0 radical (unpaired) electrons. The molecule has 0 fully saturated rings. The number of anilines is 1. The Balaban J connectivity index is 2.35.